The SMILES string of the molecule is Cc1ccc(C(CNC(=O)c2cccc(C)c2)N(C)C)cc1. The molecule has 2 aromatic rings. The Morgan fingerprint density at radius 1 is 1.05 bits per heavy atom. The molecule has 1 amide bonds. The maximum Gasteiger partial charge on any atom is 0.251 e. The van der Waals surface area contributed by atoms with E-state index in [4.69, 9.17) is 0 Å². The number of likely N-dealkylation sites (N-methyl/N-ethyl adjacent to an activating group) is 1. The highest BCUT2D eigenvalue weighted by Gasteiger charge is 2.15. The van der Waals surface area contributed by atoms with Gasteiger partial charge in [0.2, 0.25) is 0 Å². The van der Waals surface area contributed by atoms with Gasteiger partial charge < -0.3 is 10.2 Å². The van der Waals surface area contributed by atoms with E-state index in [0.29, 0.717) is 12.1 Å². The zero-order chi connectivity index (χ0) is 16.1. The topological polar surface area (TPSA) is 32.3 Å². The predicted octanol–water partition coefficient (Wildman–Crippen LogP) is 3.34. The van der Waals surface area contributed by atoms with E-state index in [2.05, 4.69) is 41.4 Å². The quantitative estimate of drug-likeness (QED) is 0.918. The highest BCUT2D eigenvalue weighted by Crippen LogP contribution is 2.18. The standard InChI is InChI=1S/C19H24N2O/c1-14-8-10-16(11-9-14)18(21(3)4)13-20-19(22)17-7-5-6-15(2)12-17/h5-12,18H,13H2,1-4H3,(H,20,22). The van der Waals surface area contributed by atoms with Gasteiger partial charge in [-0.3, -0.25) is 4.79 Å². The lowest BCUT2D eigenvalue weighted by Gasteiger charge is -2.25. The lowest BCUT2D eigenvalue weighted by atomic mass is 10.0. The van der Waals surface area contributed by atoms with E-state index in [-0.39, 0.29) is 11.9 Å². The first-order chi connectivity index (χ1) is 10.5. The molecule has 0 aliphatic heterocycles. The van der Waals surface area contributed by atoms with E-state index >= 15 is 0 Å². The van der Waals surface area contributed by atoms with Crippen LogP contribution in [-0.2, 0) is 0 Å². The summed E-state index contributed by atoms with van der Waals surface area (Å²) in [6, 6.07) is 16.3. The Balaban J connectivity index is 2.06. The molecule has 0 radical (unpaired) electrons. The van der Waals surface area contributed by atoms with Crippen LogP contribution < -0.4 is 5.32 Å². The molecule has 0 fully saturated rings. The number of rotatable bonds is 5. The molecule has 0 aliphatic carbocycles. The number of hydrogen-bond donors (Lipinski definition) is 1. The molecule has 1 N–H and O–H groups in total. The number of nitrogens with one attached hydrogen (secondary N) is 1. The number of aryl methyl sites for hydroxylation is 2. The number of benzene rings is 2. The smallest absolute Gasteiger partial charge is 0.251 e. The zero-order valence-corrected chi connectivity index (χ0v) is 13.8. The van der Waals surface area contributed by atoms with Crippen LogP contribution in [0.5, 0.6) is 0 Å². The molecule has 0 aromatic heterocycles. The Morgan fingerprint density at radius 2 is 1.73 bits per heavy atom. The van der Waals surface area contributed by atoms with E-state index in [1.807, 2.05) is 45.3 Å². The van der Waals surface area contributed by atoms with E-state index < -0.39 is 0 Å². The van der Waals surface area contributed by atoms with Crippen LogP contribution in [0.15, 0.2) is 48.5 Å². The van der Waals surface area contributed by atoms with Gasteiger partial charge in [0.05, 0.1) is 6.04 Å². The van der Waals surface area contributed by atoms with Crippen LogP contribution in [-0.4, -0.2) is 31.4 Å². The molecule has 0 aliphatic rings. The highest BCUT2D eigenvalue weighted by molar-refractivity contribution is 5.94. The lowest BCUT2D eigenvalue weighted by molar-refractivity contribution is 0.0942. The third-order valence-electron chi connectivity index (χ3n) is 3.82. The fraction of sp³-hybridized carbons (Fsp3) is 0.316. The molecule has 3 nitrogen and oxygen atoms in total. The van der Waals surface area contributed by atoms with Gasteiger partial charge in [0.15, 0.2) is 0 Å². The minimum absolute atomic E-state index is 0.0253. The van der Waals surface area contributed by atoms with Crippen LogP contribution in [0, 0.1) is 13.8 Å². The average Bonchev–Trinajstić information content (AvgIpc) is 2.48. The normalized spacial score (nSPS) is 12.2. The number of carbonyl (C=O) groups is 1. The van der Waals surface area contributed by atoms with E-state index in [1.165, 1.54) is 11.1 Å². The van der Waals surface area contributed by atoms with Crippen molar-refractivity contribution in [1.82, 2.24) is 10.2 Å². The van der Waals surface area contributed by atoms with Gasteiger partial charge in [-0.25, -0.2) is 0 Å². The molecular formula is C19H24N2O. The summed E-state index contributed by atoms with van der Waals surface area (Å²) in [4.78, 5) is 14.4. The number of amides is 1. The maximum absolute atomic E-state index is 12.3. The molecule has 3 heteroatoms. The minimum Gasteiger partial charge on any atom is -0.350 e. The van der Waals surface area contributed by atoms with Crippen molar-refractivity contribution in [2.24, 2.45) is 0 Å². The summed E-state index contributed by atoms with van der Waals surface area (Å²) in [5.74, 6) is -0.0253. The molecule has 1 unspecified atom stereocenters. The Hall–Kier alpha value is -2.13. The third-order valence-corrected chi connectivity index (χ3v) is 3.82. The van der Waals surface area contributed by atoms with Crippen molar-refractivity contribution in [2.75, 3.05) is 20.6 Å². The van der Waals surface area contributed by atoms with Gasteiger partial charge in [-0.2, -0.15) is 0 Å². The van der Waals surface area contributed by atoms with Crippen LogP contribution >= 0.6 is 0 Å². The predicted molar refractivity (Wildman–Crippen MR) is 91.1 cm³/mol. The largest absolute Gasteiger partial charge is 0.350 e. The van der Waals surface area contributed by atoms with E-state index in [1.54, 1.807) is 0 Å². The van der Waals surface area contributed by atoms with Gasteiger partial charge in [0, 0.05) is 12.1 Å². The van der Waals surface area contributed by atoms with Crippen molar-refractivity contribution in [3.63, 3.8) is 0 Å². The molecular weight excluding hydrogens is 272 g/mol. The summed E-state index contributed by atoms with van der Waals surface area (Å²) in [5.41, 5.74) is 4.25. The lowest BCUT2D eigenvalue weighted by Crippen LogP contribution is -2.34. The van der Waals surface area contributed by atoms with Gasteiger partial charge >= 0.3 is 0 Å². The van der Waals surface area contributed by atoms with Crippen LogP contribution in [0.2, 0.25) is 0 Å². The summed E-state index contributed by atoms with van der Waals surface area (Å²) >= 11 is 0. The minimum atomic E-state index is -0.0253. The summed E-state index contributed by atoms with van der Waals surface area (Å²) in [6.45, 7) is 4.66. The van der Waals surface area contributed by atoms with Crippen molar-refractivity contribution >= 4 is 5.91 Å². The molecule has 0 bridgehead atoms. The first-order valence-electron chi connectivity index (χ1n) is 7.55. The van der Waals surface area contributed by atoms with Crippen LogP contribution in [0.4, 0.5) is 0 Å². The number of carbonyl (C=O) groups excluding carboxylic acids is 1. The van der Waals surface area contributed by atoms with Gasteiger partial charge in [-0.1, -0.05) is 47.5 Å². The Labute approximate surface area is 133 Å². The third kappa shape index (κ3) is 4.18. The molecule has 116 valence electrons. The van der Waals surface area contributed by atoms with Gasteiger partial charge in [-0.05, 0) is 45.6 Å². The molecule has 2 rings (SSSR count). The first kappa shape index (κ1) is 16.2. The summed E-state index contributed by atoms with van der Waals surface area (Å²) in [5, 5.41) is 3.04. The summed E-state index contributed by atoms with van der Waals surface area (Å²) in [7, 11) is 4.06. The van der Waals surface area contributed by atoms with Crippen LogP contribution in [0.1, 0.15) is 33.1 Å². The monoisotopic (exact) mass is 296 g/mol. The zero-order valence-electron chi connectivity index (χ0n) is 13.8. The second-order valence-electron chi connectivity index (χ2n) is 5.97. The van der Waals surface area contributed by atoms with Gasteiger partial charge in [0.25, 0.3) is 5.91 Å². The Kier molecular flexibility index (Phi) is 5.34. The van der Waals surface area contributed by atoms with Crippen molar-refractivity contribution in [3.05, 3.63) is 70.8 Å². The number of nitrogens with zero attached hydrogens (tertiary/aromatic N) is 1. The van der Waals surface area contributed by atoms with Gasteiger partial charge in [0.1, 0.15) is 0 Å². The van der Waals surface area contributed by atoms with Crippen LogP contribution in [0.3, 0.4) is 0 Å². The molecule has 0 saturated carbocycles. The first-order valence-corrected chi connectivity index (χ1v) is 7.55. The Bertz CT molecular complexity index is 632. The average molecular weight is 296 g/mol. The maximum atomic E-state index is 12.3. The van der Waals surface area contributed by atoms with E-state index in [0.717, 1.165) is 5.56 Å². The molecule has 0 spiro atoms. The van der Waals surface area contributed by atoms with Crippen molar-refractivity contribution in [3.8, 4) is 0 Å². The molecule has 0 heterocycles. The molecule has 2 aromatic carbocycles. The molecule has 1 atom stereocenters. The molecule has 0 saturated heterocycles. The highest BCUT2D eigenvalue weighted by atomic mass is 16.1. The van der Waals surface area contributed by atoms with E-state index in [9.17, 15) is 4.79 Å². The van der Waals surface area contributed by atoms with Crippen molar-refractivity contribution < 1.29 is 4.79 Å². The number of hydrogen-bond acceptors (Lipinski definition) is 2. The second-order valence-corrected chi connectivity index (χ2v) is 5.97. The Morgan fingerprint density at radius 3 is 2.32 bits per heavy atom. The fourth-order valence-corrected chi connectivity index (χ4v) is 2.46. The van der Waals surface area contributed by atoms with Crippen molar-refractivity contribution in [2.45, 2.75) is 19.9 Å². The van der Waals surface area contributed by atoms with Crippen molar-refractivity contribution in [1.29, 1.82) is 0 Å². The fourth-order valence-electron chi connectivity index (χ4n) is 2.46. The molecule has 22 heavy (non-hydrogen) atoms. The summed E-state index contributed by atoms with van der Waals surface area (Å²) < 4.78 is 0. The van der Waals surface area contributed by atoms with Gasteiger partial charge in [-0.15, -0.1) is 0 Å². The van der Waals surface area contributed by atoms with Crippen LogP contribution in [0.25, 0.3) is 0 Å². The second kappa shape index (κ2) is 7.23. The summed E-state index contributed by atoms with van der Waals surface area (Å²) in [6.07, 6.45) is 0.